The maximum atomic E-state index is 13.1. The van der Waals surface area contributed by atoms with E-state index in [9.17, 15) is 24.9 Å². The first-order valence-corrected chi connectivity index (χ1v) is 12.7. The summed E-state index contributed by atoms with van der Waals surface area (Å²) in [6, 6.07) is 16.9. The Labute approximate surface area is 228 Å². The van der Waals surface area contributed by atoms with Gasteiger partial charge in [0.2, 0.25) is 0 Å². The molecule has 0 aromatic heterocycles. The molecule has 3 aromatic rings. The largest absolute Gasteiger partial charge is 0.508 e. The van der Waals surface area contributed by atoms with Crippen LogP contribution >= 0.6 is 0 Å². The molecule has 3 aromatic carbocycles. The number of anilines is 1. The highest BCUT2D eigenvalue weighted by Gasteiger charge is 2.17. The number of rotatable bonds is 11. The number of aryl methyl sites for hydroxylation is 2. The summed E-state index contributed by atoms with van der Waals surface area (Å²) in [6.45, 7) is 8.54. The fourth-order valence-corrected chi connectivity index (χ4v) is 4.11. The minimum absolute atomic E-state index is 0.0526. The number of nitrogens with zero attached hydrogens (tertiary/aromatic N) is 2. The topological polar surface area (TPSA) is 134 Å². The Morgan fingerprint density at radius 2 is 1.64 bits per heavy atom. The molecule has 0 spiro atoms. The molecule has 9 heteroatoms. The second-order valence-electron chi connectivity index (χ2n) is 9.82. The van der Waals surface area contributed by atoms with E-state index in [4.69, 9.17) is 0 Å². The number of nitrogens with one attached hydrogen (secondary N) is 2. The molecule has 0 aliphatic heterocycles. The van der Waals surface area contributed by atoms with Gasteiger partial charge in [0.1, 0.15) is 5.75 Å². The van der Waals surface area contributed by atoms with E-state index in [1.54, 1.807) is 32.0 Å². The lowest BCUT2D eigenvalue weighted by atomic mass is 10.1. The van der Waals surface area contributed by atoms with Crippen LogP contribution in [0, 0.1) is 13.8 Å². The third kappa shape index (κ3) is 9.03. The molecular weight excluding hydrogens is 496 g/mol. The summed E-state index contributed by atoms with van der Waals surface area (Å²) in [5, 5.41) is 36.3. The minimum atomic E-state index is -0.595. The van der Waals surface area contributed by atoms with Crippen molar-refractivity contribution in [2.45, 2.75) is 46.4 Å². The van der Waals surface area contributed by atoms with E-state index in [2.05, 4.69) is 15.8 Å². The van der Waals surface area contributed by atoms with Crippen molar-refractivity contribution in [3.63, 3.8) is 0 Å². The van der Waals surface area contributed by atoms with Gasteiger partial charge in [-0.2, -0.15) is 5.10 Å². The fourth-order valence-electron chi connectivity index (χ4n) is 4.11. The SMILES string of the molecule is Cc1ccc(C=NNC(=O)c2cc(O)ccc2NC(=O)c2cccc(CN(CC(C)O)CC(C)O)c2)cc1C. The van der Waals surface area contributed by atoms with E-state index >= 15 is 0 Å². The third-order valence-corrected chi connectivity index (χ3v) is 6.05. The van der Waals surface area contributed by atoms with Crippen LogP contribution in [0.3, 0.4) is 0 Å². The number of hydrogen-bond acceptors (Lipinski definition) is 7. The molecule has 0 aliphatic rings. The number of hydrazone groups is 1. The number of aliphatic hydroxyl groups excluding tert-OH is 2. The minimum Gasteiger partial charge on any atom is -0.508 e. The summed E-state index contributed by atoms with van der Waals surface area (Å²) in [6.07, 6.45) is 0.384. The number of aliphatic hydroxyl groups is 2. The van der Waals surface area contributed by atoms with E-state index in [0.29, 0.717) is 25.2 Å². The predicted molar refractivity (Wildman–Crippen MR) is 152 cm³/mol. The Bertz CT molecular complexity index is 1330. The lowest BCUT2D eigenvalue weighted by Gasteiger charge is -2.25. The molecule has 0 heterocycles. The number of carbonyl (C=O) groups excluding carboxylic acids is 2. The average molecular weight is 533 g/mol. The number of amides is 2. The summed E-state index contributed by atoms with van der Waals surface area (Å²) in [4.78, 5) is 27.9. The second kappa shape index (κ2) is 13.7. The summed E-state index contributed by atoms with van der Waals surface area (Å²) in [7, 11) is 0. The second-order valence-corrected chi connectivity index (χ2v) is 9.82. The molecule has 0 fully saturated rings. The van der Waals surface area contributed by atoms with Crippen molar-refractivity contribution in [2.75, 3.05) is 18.4 Å². The standard InChI is InChI=1S/C30H36N4O5/c1-19-8-9-23(12-20(19)2)15-31-33-30(39)27-14-26(37)10-11-28(27)32-29(38)25-7-5-6-24(13-25)18-34(16-21(3)35)17-22(4)36/h5-15,21-22,35-37H,16-18H2,1-4H3,(H,32,38)(H,33,39). The van der Waals surface area contributed by atoms with E-state index in [-0.39, 0.29) is 17.0 Å². The smallest absolute Gasteiger partial charge is 0.273 e. The van der Waals surface area contributed by atoms with Gasteiger partial charge in [0, 0.05) is 25.2 Å². The van der Waals surface area contributed by atoms with Crippen molar-refractivity contribution in [3.8, 4) is 5.75 Å². The van der Waals surface area contributed by atoms with Crippen LogP contribution in [0.4, 0.5) is 5.69 Å². The van der Waals surface area contributed by atoms with E-state index < -0.39 is 24.0 Å². The molecule has 0 aliphatic carbocycles. The van der Waals surface area contributed by atoms with E-state index in [1.807, 2.05) is 43.0 Å². The van der Waals surface area contributed by atoms with Crippen LogP contribution in [-0.2, 0) is 6.54 Å². The molecule has 9 nitrogen and oxygen atoms in total. The van der Waals surface area contributed by atoms with Gasteiger partial charge in [0.15, 0.2) is 0 Å². The molecule has 2 atom stereocenters. The highest BCUT2D eigenvalue weighted by Crippen LogP contribution is 2.22. The van der Waals surface area contributed by atoms with Crippen molar-refractivity contribution < 1.29 is 24.9 Å². The van der Waals surface area contributed by atoms with Gasteiger partial charge < -0.3 is 20.6 Å². The van der Waals surface area contributed by atoms with Gasteiger partial charge in [0.25, 0.3) is 11.8 Å². The highest BCUT2D eigenvalue weighted by molar-refractivity contribution is 6.09. The molecule has 0 saturated carbocycles. The number of aromatic hydroxyl groups is 1. The number of benzene rings is 3. The third-order valence-electron chi connectivity index (χ3n) is 6.05. The van der Waals surface area contributed by atoms with Crippen LogP contribution in [0.5, 0.6) is 5.75 Å². The van der Waals surface area contributed by atoms with Crippen molar-refractivity contribution in [2.24, 2.45) is 5.10 Å². The number of phenolic OH excluding ortho intramolecular Hbond substituents is 1. The molecule has 206 valence electrons. The average Bonchev–Trinajstić information content (AvgIpc) is 2.86. The van der Waals surface area contributed by atoms with Crippen LogP contribution in [0.2, 0.25) is 0 Å². The van der Waals surface area contributed by atoms with E-state index in [0.717, 1.165) is 22.3 Å². The van der Waals surface area contributed by atoms with Crippen LogP contribution in [-0.4, -0.2) is 63.5 Å². The highest BCUT2D eigenvalue weighted by atomic mass is 16.3. The molecular formula is C30H36N4O5. The van der Waals surface area contributed by atoms with Gasteiger partial charge in [-0.05, 0) is 80.3 Å². The Kier molecular flexibility index (Phi) is 10.3. The quantitative estimate of drug-likeness (QED) is 0.146. The molecule has 0 radical (unpaired) electrons. The first kappa shape index (κ1) is 29.5. The Morgan fingerprint density at radius 3 is 2.31 bits per heavy atom. The number of hydrogen-bond donors (Lipinski definition) is 5. The van der Waals surface area contributed by atoms with Crippen LogP contribution < -0.4 is 10.7 Å². The van der Waals surface area contributed by atoms with Crippen molar-refractivity contribution in [3.05, 3.63) is 94.0 Å². The Balaban J connectivity index is 1.73. The summed E-state index contributed by atoms with van der Waals surface area (Å²) in [5.74, 6) is -1.16. The lowest BCUT2D eigenvalue weighted by Crippen LogP contribution is -2.35. The Hall–Kier alpha value is -4.05. The molecule has 3 rings (SSSR count). The molecule has 39 heavy (non-hydrogen) atoms. The number of carbonyl (C=O) groups is 2. The molecule has 2 unspecified atom stereocenters. The number of phenols is 1. The van der Waals surface area contributed by atoms with Gasteiger partial charge >= 0.3 is 0 Å². The van der Waals surface area contributed by atoms with Gasteiger partial charge in [-0.1, -0.05) is 30.3 Å². The molecule has 5 N–H and O–H groups in total. The molecule has 2 amide bonds. The summed E-state index contributed by atoms with van der Waals surface area (Å²) >= 11 is 0. The van der Waals surface area contributed by atoms with Crippen molar-refractivity contribution in [1.82, 2.24) is 10.3 Å². The van der Waals surface area contributed by atoms with Gasteiger partial charge in [-0.15, -0.1) is 0 Å². The molecule has 0 saturated heterocycles. The maximum absolute atomic E-state index is 13.1. The monoisotopic (exact) mass is 532 g/mol. The zero-order valence-electron chi connectivity index (χ0n) is 22.7. The van der Waals surface area contributed by atoms with E-state index in [1.165, 1.54) is 24.4 Å². The van der Waals surface area contributed by atoms with Crippen molar-refractivity contribution in [1.29, 1.82) is 0 Å². The van der Waals surface area contributed by atoms with Gasteiger partial charge in [0.05, 0.1) is 29.7 Å². The summed E-state index contributed by atoms with van der Waals surface area (Å²) in [5.41, 5.74) is 6.99. The maximum Gasteiger partial charge on any atom is 0.273 e. The van der Waals surface area contributed by atoms with Crippen LogP contribution in [0.25, 0.3) is 0 Å². The van der Waals surface area contributed by atoms with Gasteiger partial charge in [-0.3, -0.25) is 14.5 Å². The first-order valence-electron chi connectivity index (χ1n) is 12.7. The zero-order valence-corrected chi connectivity index (χ0v) is 22.7. The van der Waals surface area contributed by atoms with Crippen LogP contribution in [0.1, 0.15) is 56.8 Å². The van der Waals surface area contributed by atoms with Crippen LogP contribution in [0.15, 0.2) is 65.8 Å². The first-order chi connectivity index (χ1) is 18.5. The fraction of sp³-hybridized carbons (Fsp3) is 0.300. The van der Waals surface area contributed by atoms with Crippen molar-refractivity contribution >= 4 is 23.7 Å². The normalized spacial score (nSPS) is 12.9. The lowest BCUT2D eigenvalue weighted by molar-refractivity contribution is 0.0793. The Morgan fingerprint density at radius 1 is 0.923 bits per heavy atom. The van der Waals surface area contributed by atoms with Gasteiger partial charge in [-0.25, -0.2) is 5.43 Å². The zero-order chi connectivity index (χ0) is 28.5. The summed E-state index contributed by atoms with van der Waals surface area (Å²) < 4.78 is 0. The molecule has 0 bridgehead atoms. The predicted octanol–water partition coefficient (Wildman–Crippen LogP) is 3.59.